The minimum absolute atomic E-state index is 0.522. The summed E-state index contributed by atoms with van der Waals surface area (Å²) in [5, 5.41) is 1.66. The van der Waals surface area contributed by atoms with Gasteiger partial charge in [0.25, 0.3) is 0 Å². The minimum Gasteiger partial charge on any atom is -0.263 e. The first-order valence-corrected chi connectivity index (χ1v) is 5.36. The third-order valence-corrected chi connectivity index (χ3v) is 2.90. The van der Waals surface area contributed by atoms with Crippen molar-refractivity contribution in [1.82, 2.24) is 4.98 Å². The van der Waals surface area contributed by atoms with E-state index in [4.69, 9.17) is 34.8 Å². The van der Waals surface area contributed by atoms with Crippen molar-refractivity contribution in [1.29, 1.82) is 0 Å². The SMILES string of the molecule is Clc1cncc(-c2ccc(Cl)c(Cl)c2)c1. The second-order valence-corrected chi connectivity index (χ2v) is 4.27. The van der Waals surface area contributed by atoms with E-state index < -0.39 is 0 Å². The molecule has 0 saturated heterocycles. The fourth-order valence-electron chi connectivity index (χ4n) is 1.25. The van der Waals surface area contributed by atoms with E-state index in [0.717, 1.165) is 11.1 Å². The second kappa shape index (κ2) is 4.40. The van der Waals surface area contributed by atoms with Crippen LogP contribution >= 0.6 is 34.8 Å². The Morgan fingerprint density at radius 1 is 0.800 bits per heavy atom. The Kier molecular flexibility index (Phi) is 3.15. The van der Waals surface area contributed by atoms with E-state index in [1.165, 1.54) is 0 Å². The molecule has 0 bridgehead atoms. The van der Waals surface area contributed by atoms with Crippen molar-refractivity contribution in [2.75, 3.05) is 0 Å². The highest BCUT2D eigenvalue weighted by atomic mass is 35.5. The number of benzene rings is 1. The Balaban J connectivity index is 2.50. The molecule has 0 spiro atoms. The summed E-state index contributed by atoms with van der Waals surface area (Å²) < 4.78 is 0. The predicted molar refractivity (Wildman–Crippen MR) is 64.7 cm³/mol. The van der Waals surface area contributed by atoms with E-state index in [0.29, 0.717) is 15.1 Å². The van der Waals surface area contributed by atoms with Crippen LogP contribution in [0.15, 0.2) is 36.7 Å². The molecule has 0 unspecified atom stereocenters. The molecule has 0 aliphatic rings. The van der Waals surface area contributed by atoms with Crippen LogP contribution in [0.25, 0.3) is 11.1 Å². The van der Waals surface area contributed by atoms with Gasteiger partial charge in [0.05, 0.1) is 15.1 Å². The van der Waals surface area contributed by atoms with Crippen molar-refractivity contribution in [2.45, 2.75) is 0 Å². The van der Waals surface area contributed by atoms with E-state index in [2.05, 4.69) is 4.98 Å². The number of rotatable bonds is 1. The average Bonchev–Trinajstić information content (AvgIpc) is 2.22. The maximum Gasteiger partial charge on any atom is 0.0598 e. The largest absolute Gasteiger partial charge is 0.263 e. The summed E-state index contributed by atoms with van der Waals surface area (Å²) in [4.78, 5) is 4.00. The van der Waals surface area contributed by atoms with Crippen molar-refractivity contribution in [3.8, 4) is 11.1 Å². The van der Waals surface area contributed by atoms with Gasteiger partial charge < -0.3 is 0 Å². The summed E-state index contributed by atoms with van der Waals surface area (Å²) in [5.74, 6) is 0. The molecule has 1 aromatic heterocycles. The monoisotopic (exact) mass is 257 g/mol. The van der Waals surface area contributed by atoms with Gasteiger partial charge in [-0.2, -0.15) is 0 Å². The lowest BCUT2D eigenvalue weighted by atomic mass is 10.1. The molecular formula is C11H6Cl3N. The molecule has 0 fully saturated rings. The molecule has 2 aromatic rings. The summed E-state index contributed by atoms with van der Waals surface area (Å²) in [5.41, 5.74) is 1.86. The van der Waals surface area contributed by atoms with Gasteiger partial charge >= 0.3 is 0 Å². The molecule has 1 aromatic carbocycles. The molecule has 1 heterocycles. The van der Waals surface area contributed by atoms with Gasteiger partial charge in [0, 0.05) is 18.0 Å². The average molecular weight is 259 g/mol. The molecule has 0 amide bonds. The molecular weight excluding hydrogens is 252 g/mol. The van der Waals surface area contributed by atoms with Crippen molar-refractivity contribution >= 4 is 34.8 Å². The highest BCUT2D eigenvalue weighted by Gasteiger charge is 2.02. The Hall–Kier alpha value is -0.760. The third-order valence-electron chi connectivity index (χ3n) is 1.96. The van der Waals surface area contributed by atoms with Gasteiger partial charge in [-0.15, -0.1) is 0 Å². The molecule has 76 valence electrons. The van der Waals surface area contributed by atoms with Gasteiger partial charge in [-0.05, 0) is 23.8 Å². The van der Waals surface area contributed by atoms with E-state index >= 15 is 0 Å². The van der Waals surface area contributed by atoms with Crippen LogP contribution in [0.4, 0.5) is 0 Å². The van der Waals surface area contributed by atoms with Crippen LogP contribution in [0.2, 0.25) is 15.1 Å². The summed E-state index contributed by atoms with van der Waals surface area (Å²) in [7, 11) is 0. The Labute approximate surface area is 103 Å². The predicted octanol–water partition coefficient (Wildman–Crippen LogP) is 4.71. The van der Waals surface area contributed by atoms with Gasteiger partial charge in [-0.25, -0.2) is 0 Å². The second-order valence-electron chi connectivity index (χ2n) is 3.02. The fraction of sp³-hybridized carbons (Fsp3) is 0. The third kappa shape index (κ3) is 2.43. The summed E-state index contributed by atoms with van der Waals surface area (Å²) in [6, 6.07) is 7.24. The standard InChI is InChI=1S/C11H6Cl3N/c12-9-3-8(5-15-6-9)7-1-2-10(13)11(14)4-7/h1-6H. The van der Waals surface area contributed by atoms with Gasteiger partial charge in [0.15, 0.2) is 0 Å². The Morgan fingerprint density at radius 2 is 1.60 bits per heavy atom. The van der Waals surface area contributed by atoms with E-state index in [1.807, 2.05) is 12.1 Å². The molecule has 0 radical (unpaired) electrons. The van der Waals surface area contributed by atoms with Crippen LogP contribution in [0.1, 0.15) is 0 Å². The number of hydrogen-bond acceptors (Lipinski definition) is 1. The van der Waals surface area contributed by atoms with Crippen LogP contribution in [0.5, 0.6) is 0 Å². The molecule has 4 heteroatoms. The van der Waals surface area contributed by atoms with Crippen molar-refractivity contribution in [2.24, 2.45) is 0 Å². The molecule has 0 atom stereocenters. The lowest BCUT2D eigenvalue weighted by molar-refractivity contribution is 1.33. The van der Waals surface area contributed by atoms with Crippen LogP contribution in [-0.2, 0) is 0 Å². The first-order chi connectivity index (χ1) is 7.16. The van der Waals surface area contributed by atoms with Crippen LogP contribution < -0.4 is 0 Å². The first-order valence-electron chi connectivity index (χ1n) is 4.23. The fourth-order valence-corrected chi connectivity index (χ4v) is 1.72. The van der Waals surface area contributed by atoms with Crippen molar-refractivity contribution < 1.29 is 0 Å². The highest BCUT2D eigenvalue weighted by molar-refractivity contribution is 6.42. The lowest BCUT2D eigenvalue weighted by Crippen LogP contribution is -1.80. The Bertz CT molecular complexity index is 497. The zero-order chi connectivity index (χ0) is 10.8. The van der Waals surface area contributed by atoms with Crippen molar-refractivity contribution in [3.05, 3.63) is 51.7 Å². The quantitative estimate of drug-likeness (QED) is 0.722. The number of hydrogen-bond donors (Lipinski definition) is 0. The first kappa shape index (κ1) is 10.7. The number of pyridine rings is 1. The van der Waals surface area contributed by atoms with E-state index in [1.54, 1.807) is 24.5 Å². The van der Waals surface area contributed by atoms with Crippen LogP contribution in [0, 0.1) is 0 Å². The maximum atomic E-state index is 5.92. The highest BCUT2D eigenvalue weighted by Crippen LogP contribution is 2.28. The smallest absolute Gasteiger partial charge is 0.0598 e. The topological polar surface area (TPSA) is 12.9 Å². The summed E-state index contributed by atoms with van der Waals surface area (Å²) in [6.45, 7) is 0. The molecule has 1 nitrogen and oxygen atoms in total. The number of nitrogens with zero attached hydrogens (tertiary/aromatic N) is 1. The molecule has 0 saturated carbocycles. The number of halogens is 3. The van der Waals surface area contributed by atoms with Crippen LogP contribution in [0.3, 0.4) is 0 Å². The Morgan fingerprint density at radius 3 is 2.27 bits per heavy atom. The van der Waals surface area contributed by atoms with Gasteiger partial charge in [0.2, 0.25) is 0 Å². The van der Waals surface area contributed by atoms with Gasteiger partial charge in [-0.1, -0.05) is 40.9 Å². The van der Waals surface area contributed by atoms with E-state index in [9.17, 15) is 0 Å². The normalized spacial score (nSPS) is 10.3. The molecule has 0 N–H and O–H groups in total. The minimum atomic E-state index is 0.522. The summed E-state index contributed by atoms with van der Waals surface area (Å²) >= 11 is 17.6. The van der Waals surface area contributed by atoms with Gasteiger partial charge in [-0.3, -0.25) is 4.98 Å². The van der Waals surface area contributed by atoms with Crippen molar-refractivity contribution in [3.63, 3.8) is 0 Å². The lowest BCUT2D eigenvalue weighted by Gasteiger charge is -2.03. The molecule has 15 heavy (non-hydrogen) atoms. The zero-order valence-electron chi connectivity index (χ0n) is 7.55. The molecule has 0 aliphatic carbocycles. The van der Waals surface area contributed by atoms with E-state index in [-0.39, 0.29) is 0 Å². The molecule has 2 rings (SSSR count). The van der Waals surface area contributed by atoms with Gasteiger partial charge in [0.1, 0.15) is 0 Å². The number of aromatic nitrogens is 1. The maximum absolute atomic E-state index is 5.92. The van der Waals surface area contributed by atoms with Crippen LogP contribution in [-0.4, -0.2) is 4.98 Å². The molecule has 0 aliphatic heterocycles. The summed E-state index contributed by atoms with van der Waals surface area (Å²) in [6.07, 6.45) is 3.31. The zero-order valence-corrected chi connectivity index (χ0v) is 9.81.